The number of rotatable bonds is 5. The number of nitrogens with two attached hydrogens (primary N) is 1. The van der Waals surface area contributed by atoms with E-state index in [0.29, 0.717) is 18.8 Å². The molecule has 0 amide bonds. The summed E-state index contributed by atoms with van der Waals surface area (Å²) in [7, 11) is 0. The van der Waals surface area contributed by atoms with Crippen LogP contribution in [0.3, 0.4) is 0 Å². The molecule has 2 N–H and O–H groups in total. The van der Waals surface area contributed by atoms with E-state index < -0.39 is 5.51 Å². The Hall–Kier alpha value is -1.04. The van der Waals surface area contributed by atoms with Crippen LogP contribution in [-0.2, 0) is 0 Å². The van der Waals surface area contributed by atoms with Gasteiger partial charge in [-0.2, -0.15) is 13.2 Å². The lowest BCUT2D eigenvalue weighted by atomic mass is 10.2. The van der Waals surface area contributed by atoms with Crippen LogP contribution in [0, 0.1) is 0 Å². The number of halogens is 3. The Morgan fingerprint density at radius 2 is 2.06 bits per heavy atom. The van der Waals surface area contributed by atoms with Crippen LogP contribution in [0.5, 0.6) is 0 Å². The second-order valence-electron chi connectivity index (χ2n) is 3.47. The monoisotopic (exact) mass is 264 g/mol. The molecule has 0 aromatic heterocycles. The van der Waals surface area contributed by atoms with E-state index in [0.717, 1.165) is 5.69 Å². The SMILES string of the molecule is CCN(CCSC(F)(F)F)c1cccc(N)c1. The van der Waals surface area contributed by atoms with Crippen LogP contribution in [0.15, 0.2) is 24.3 Å². The van der Waals surface area contributed by atoms with E-state index in [9.17, 15) is 13.2 Å². The van der Waals surface area contributed by atoms with Crippen LogP contribution >= 0.6 is 11.8 Å². The van der Waals surface area contributed by atoms with E-state index in [1.807, 2.05) is 17.9 Å². The largest absolute Gasteiger partial charge is 0.441 e. The first kappa shape index (κ1) is 14.0. The first-order valence-corrected chi connectivity index (χ1v) is 6.22. The fourth-order valence-corrected chi connectivity index (χ4v) is 2.01. The quantitative estimate of drug-likeness (QED) is 0.827. The second kappa shape index (κ2) is 6.05. The molecule has 1 aromatic carbocycles. The number of anilines is 2. The van der Waals surface area contributed by atoms with Gasteiger partial charge in [0.2, 0.25) is 0 Å². The van der Waals surface area contributed by atoms with Gasteiger partial charge in [-0.05, 0) is 36.9 Å². The van der Waals surface area contributed by atoms with Crippen LogP contribution in [0.4, 0.5) is 24.5 Å². The molecule has 0 bridgehead atoms. The zero-order valence-electron chi connectivity index (χ0n) is 9.50. The minimum absolute atomic E-state index is 0.00322. The molecule has 0 atom stereocenters. The van der Waals surface area contributed by atoms with Crippen LogP contribution in [0.1, 0.15) is 6.92 Å². The van der Waals surface area contributed by atoms with Crippen molar-refractivity contribution in [2.24, 2.45) is 0 Å². The predicted molar refractivity (Wildman–Crippen MR) is 67.3 cm³/mol. The Kier molecular flexibility index (Phi) is 4.99. The van der Waals surface area contributed by atoms with Crippen LogP contribution in [0.25, 0.3) is 0 Å². The first-order chi connectivity index (χ1) is 7.92. The summed E-state index contributed by atoms with van der Waals surface area (Å²) in [5, 5.41) is 0. The summed E-state index contributed by atoms with van der Waals surface area (Å²) < 4.78 is 36.0. The molecule has 1 rings (SSSR count). The number of alkyl halides is 3. The Morgan fingerprint density at radius 1 is 1.35 bits per heavy atom. The zero-order chi connectivity index (χ0) is 12.9. The molecule has 0 fully saturated rings. The van der Waals surface area contributed by atoms with Gasteiger partial charge in [0.15, 0.2) is 0 Å². The smallest absolute Gasteiger partial charge is 0.399 e. The average molecular weight is 264 g/mol. The van der Waals surface area contributed by atoms with Crippen molar-refractivity contribution in [1.82, 2.24) is 0 Å². The van der Waals surface area contributed by atoms with Gasteiger partial charge in [0, 0.05) is 30.2 Å². The summed E-state index contributed by atoms with van der Waals surface area (Å²) in [6.07, 6.45) is 0. The van der Waals surface area contributed by atoms with Gasteiger partial charge < -0.3 is 10.6 Å². The fourth-order valence-electron chi connectivity index (χ4n) is 1.46. The van der Waals surface area contributed by atoms with E-state index in [1.165, 1.54) is 0 Å². The lowest BCUT2D eigenvalue weighted by Crippen LogP contribution is -2.26. The van der Waals surface area contributed by atoms with Crippen molar-refractivity contribution < 1.29 is 13.2 Å². The maximum absolute atomic E-state index is 12.0. The molecule has 0 unspecified atom stereocenters. The number of nitrogen functional groups attached to an aromatic ring is 1. The number of benzene rings is 1. The molecule has 0 aliphatic rings. The molecule has 0 aliphatic heterocycles. The molecule has 96 valence electrons. The summed E-state index contributed by atoms with van der Waals surface area (Å²) in [5.74, 6) is 0.0200. The van der Waals surface area contributed by atoms with Gasteiger partial charge in [0.05, 0.1) is 0 Å². The van der Waals surface area contributed by atoms with Gasteiger partial charge in [0.25, 0.3) is 0 Å². The van der Waals surface area contributed by atoms with E-state index >= 15 is 0 Å². The Bertz CT molecular complexity index is 355. The van der Waals surface area contributed by atoms with Gasteiger partial charge in [-0.15, -0.1) is 0 Å². The number of hydrogen-bond donors (Lipinski definition) is 1. The van der Waals surface area contributed by atoms with Crippen molar-refractivity contribution in [2.75, 3.05) is 29.5 Å². The minimum atomic E-state index is -4.16. The van der Waals surface area contributed by atoms with Crippen molar-refractivity contribution in [3.63, 3.8) is 0 Å². The third kappa shape index (κ3) is 5.21. The lowest BCUT2D eigenvalue weighted by molar-refractivity contribution is -0.0327. The molecule has 6 heteroatoms. The van der Waals surface area contributed by atoms with Gasteiger partial charge >= 0.3 is 5.51 Å². The van der Waals surface area contributed by atoms with Crippen molar-refractivity contribution in [3.8, 4) is 0 Å². The average Bonchev–Trinajstić information content (AvgIpc) is 2.23. The van der Waals surface area contributed by atoms with Crippen molar-refractivity contribution >= 4 is 23.1 Å². The van der Waals surface area contributed by atoms with Crippen molar-refractivity contribution in [2.45, 2.75) is 12.4 Å². The van der Waals surface area contributed by atoms with Crippen molar-refractivity contribution in [3.05, 3.63) is 24.3 Å². The Balaban J connectivity index is 2.54. The summed E-state index contributed by atoms with van der Waals surface area (Å²) in [4.78, 5) is 1.87. The highest BCUT2D eigenvalue weighted by Gasteiger charge is 2.27. The molecule has 0 heterocycles. The summed E-state index contributed by atoms with van der Waals surface area (Å²) in [6, 6.07) is 7.16. The zero-order valence-corrected chi connectivity index (χ0v) is 10.3. The topological polar surface area (TPSA) is 29.3 Å². The molecule has 1 aromatic rings. The predicted octanol–water partition coefficient (Wildman–Crippen LogP) is 3.35. The second-order valence-corrected chi connectivity index (χ2v) is 4.63. The third-order valence-corrected chi connectivity index (χ3v) is 2.96. The normalized spacial score (nSPS) is 11.5. The molecule has 0 aliphatic carbocycles. The van der Waals surface area contributed by atoms with Gasteiger partial charge in [0.1, 0.15) is 0 Å². The van der Waals surface area contributed by atoms with Gasteiger partial charge in [-0.3, -0.25) is 0 Å². The van der Waals surface area contributed by atoms with E-state index in [4.69, 9.17) is 5.73 Å². The summed E-state index contributed by atoms with van der Waals surface area (Å²) >= 11 is 0.00322. The maximum atomic E-state index is 12.0. The Labute approximate surface area is 103 Å². The maximum Gasteiger partial charge on any atom is 0.441 e. The minimum Gasteiger partial charge on any atom is -0.399 e. The molecule has 17 heavy (non-hydrogen) atoms. The number of hydrogen-bond acceptors (Lipinski definition) is 3. The number of nitrogens with zero attached hydrogens (tertiary/aromatic N) is 1. The van der Waals surface area contributed by atoms with Crippen LogP contribution < -0.4 is 10.6 Å². The van der Waals surface area contributed by atoms with E-state index in [2.05, 4.69) is 0 Å². The highest BCUT2D eigenvalue weighted by atomic mass is 32.2. The van der Waals surface area contributed by atoms with E-state index in [1.54, 1.807) is 18.2 Å². The van der Waals surface area contributed by atoms with Gasteiger partial charge in [-0.1, -0.05) is 6.07 Å². The first-order valence-electron chi connectivity index (χ1n) is 5.23. The molecule has 0 saturated heterocycles. The highest BCUT2D eigenvalue weighted by Crippen LogP contribution is 2.30. The molecule has 0 saturated carbocycles. The van der Waals surface area contributed by atoms with E-state index in [-0.39, 0.29) is 17.5 Å². The highest BCUT2D eigenvalue weighted by molar-refractivity contribution is 8.00. The van der Waals surface area contributed by atoms with Crippen LogP contribution in [0.2, 0.25) is 0 Å². The lowest BCUT2D eigenvalue weighted by Gasteiger charge is -2.23. The molecule has 2 nitrogen and oxygen atoms in total. The standard InChI is InChI=1S/C11H15F3N2S/c1-2-16(6-7-17-11(12,13)14)10-5-3-4-9(15)8-10/h3-5,8H,2,6-7,15H2,1H3. The third-order valence-electron chi connectivity index (χ3n) is 2.24. The molecular weight excluding hydrogens is 249 g/mol. The van der Waals surface area contributed by atoms with Gasteiger partial charge in [-0.25, -0.2) is 0 Å². The molecule has 0 spiro atoms. The molecular formula is C11H15F3N2S. The fraction of sp³-hybridized carbons (Fsp3) is 0.455. The summed E-state index contributed by atoms with van der Waals surface area (Å²) in [6.45, 7) is 2.91. The summed E-state index contributed by atoms with van der Waals surface area (Å²) in [5.41, 5.74) is 2.95. The Morgan fingerprint density at radius 3 is 2.59 bits per heavy atom. The van der Waals surface area contributed by atoms with Crippen LogP contribution in [-0.4, -0.2) is 24.4 Å². The number of thioether (sulfide) groups is 1. The molecule has 0 radical (unpaired) electrons. The van der Waals surface area contributed by atoms with Crippen molar-refractivity contribution in [1.29, 1.82) is 0 Å².